The Morgan fingerprint density at radius 1 is 1.12 bits per heavy atom. The highest BCUT2D eigenvalue weighted by Gasteiger charge is 2.16. The molecule has 0 saturated carbocycles. The number of aromatic nitrogens is 2. The molecular formula is C18H13FN4O2. The van der Waals surface area contributed by atoms with Gasteiger partial charge in [-0.05, 0) is 48.5 Å². The van der Waals surface area contributed by atoms with Gasteiger partial charge in [0.15, 0.2) is 6.61 Å². The molecule has 0 aliphatic carbocycles. The first-order chi connectivity index (χ1) is 12.2. The second-order valence-corrected chi connectivity index (χ2v) is 5.45. The molecule has 2 N–H and O–H groups in total. The number of halogens is 1. The minimum atomic E-state index is -0.307. The molecule has 0 spiro atoms. The number of nitrogens with zero attached hydrogens (tertiary/aromatic N) is 2. The summed E-state index contributed by atoms with van der Waals surface area (Å²) >= 11 is 0. The molecule has 25 heavy (non-hydrogen) atoms. The van der Waals surface area contributed by atoms with Gasteiger partial charge in [0.25, 0.3) is 5.91 Å². The highest BCUT2D eigenvalue weighted by molar-refractivity contribution is 5.96. The lowest BCUT2D eigenvalue weighted by Crippen LogP contribution is -2.25. The van der Waals surface area contributed by atoms with Crippen molar-refractivity contribution in [3.05, 3.63) is 60.5 Å². The first kappa shape index (κ1) is 15.1. The number of ether oxygens (including phenoxy) is 1. The summed E-state index contributed by atoms with van der Waals surface area (Å²) in [5.41, 5.74) is 2.79. The second kappa shape index (κ2) is 6.20. The molecule has 7 heteroatoms. The molecule has 2 aromatic carbocycles. The Morgan fingerprint density at radius 3 is 2.80 bits per heavy atom. The van der Waals surface area contributed by atoms with Crippen molar-refractivity contribution < 1.29 is 13.9 Å². The van der Waals surface area contributed by atoms with Gasteiger partial charge in [0, 0.05) is 17.4 Å². The van der Waals surface area contributed by atoms with Crippen LogP contribution in [-0.2, 0) is 4.79 Å². The van der Waals surface area contributed by atoms with Gasteiger partial charge in [-0.1, -0.05) is 0 Å². The van der Waals surface area contributed by atoms with Crippen molar-refractivity contribution in [3.63, 3.8) is 0 Å². The van der Waals surface area contributed by atoms with Gasteiger partial charge in [0.05, 0.1) is 11.4 Å². The Kier molecular flexibility index (Phi) is 3.74. The van der Waals surface area contributed by atoms with Gasteiger partial charge in [0.2, 0.25) is 5.95 Å². The Hall–Kier alpha value is -3.48. The van der Waals surface area contributed by atoms with Crippen LogP contribution in [0.4, 0.5) is 21.7 Å². The zero-order valence-corrected chi connectivity index (χ0v) is 13.0. The van der Waals surface area contributed by atoms with E-state index in [0.717, 1.165) is 5.56 Å². The average molecular weight is 336 g/mol. The fourth-order valence-electron chi connectivity index (χ4n) is 2.48. The minimum Gasteiger partial charge on any atom is -0.482 e. The topological polar surface area (TPSA) is 76.1 Å². The molecule has 0 fully saturated rings. The van der Waals surface area contributed by atoms with E-state index >= 15 is 0 Å². The van der Waals surface area contributed by atoms with Gasteiger partial charge >= 0.3 is 0 Å². The molecule has 6 nitrogen and oxygen atoms in total. The van der Waals surface area contributed by atoms with Crippen LogP contribution in [0.3, 0.4) is 0 Å². The molecule has 4 rings (SSSR count). The highest BCUT2D eigenvalue weighted by Crippen LogP contribution is 2.32. The van der Waals surface area contributed by atoms with Crippen molar-refractivity contribution in [1.82, 2.24) is 9.97 Å². The Balaban J connectivity index is 1.62. The summed E-state index contributed by atoms with van der Waals surface area (Å²) in [6.45, 7) is 0.0194. The molecule has 0 atom stereocenters. The van der Waals surface area contributed by atoms with Crippen LogP contribution in [0.2, 0.25) is 0 Å². The van der Waals surface area contributed by atoms with E-state index < -0.39 is 0 Å². The number of carbonyl (C=O) groups is 1. The van der Waals surface area contributed by atoms with Crippen molar-refractivity contribution in [2.75, 3.05) is 17.2 Å². The van der Waals surface area contributed by atoms with Gasteiger partial charge in [-0.15, -0.1) is 0 Å². The fraction of sp³-hybridized carbons (Fsp3) is 0.0556. The van der Waals surface area contributed by atoms with Crippen LogP contribution in [-0.4, -0.2) is 22.5 Å². The summed E-state index contributed by atoms with van der Waals surface area (Å²) in [4.78, 5) is 20.1. The van der Waals surface area contributed by atoms with E-state index in [0.29, 0.717) is 28.8 Å². The number of anilines is 3. The molecule has 1 amide bonds. The van der Waals surface area contributed by atoms with Crippen molar-refractivity contribution >= 4 is 23.2 Å². The zero-order chi connectivity index (χ0) is 17.2. The van der Waals surface area contributed by atoms with Gasteiger partial charge in [-0.2, -0.15) is 0 Å². The summed E-state index contributed by atoms with van der Waals surface area (Å²) in [5, 5.41) is 5.80. The molecule has 0 unspecified atom stereocenters. The lowest BCUT2D eigenvalue weighted by Gasteiger charge is -2.18. The maximum absolute atomic E-state index is 13.0. The van der Waals surface area contributed by atoms with Crippen LogP contribution in [0.1, 0.15) is 0 Å². The second-order valence-electron chi connectivity index (χ2n) is 5.45. The van der Waals surface area contributed by atoms with Gasteiger partial charge in [0.1, 0.15) is 11.6 Å². The lowest BCUT2D eigenvalue weighted by atomic mass is 10.1. The van der Waals surface area contributed by atoms with Crippen LogP contribution >= 0.6 is 0 Å². The lowest BCUT2D eigenvalue weighted by molar-refractivity contribution is -0.118. The van der Waals surface area contributed by atoms with Gasteiger partial charge in [-0.3, -0.25) is 4.79 Å². The first-order valence-electron chi connectivity index (χ1n) is 7.60. The molecule has 124 valence electrons. The van der Waals surface area contributed by atoms with E-state index in [1.165, 1.54) is 12.1 Å². The normalized spacial score (nSPS) is 12.8. The summed E-state index contributed by atoms with van der Waals surface area (Å²) < 4.78 is 18.3. The molecule has 0 bridgehead atoms. The maximum Gasteiger partial charge on any atom is 0.262 e. The summed E-state index contributed by atoms with van der Waals surface area (Å²) in [6.07, 6.45) is 1.63. The summed E-state index contributed by atoms with van der Waals surface area (Å²) in [7, 11) is 0. The van der Waals surface area contributed by atoms with Crippen LogP contribution in [0.15, 0.2) is 54.7 Å². The number of hydrogen-bond donors (Lipinski definition) is 2. The Morgan fingerprint density at radius 2 is 1.96 bits per heavy atom. The highest BCUT2D eigenvalue weighted by atomic mass is 19.1. The van der Waals surface area contributed by atoms with Crippen LogP contribution in [0.5, 0.6) is 5.75 Å². The quantitative estimate of drug-likeness (QED) is 0.767. The van der Waals surface area contributed by atoms with Crippen molar-refractivity contribution in [3.8, 4) is 17.0 Å². The number of benzene rings is 2. The van der Waals surface area contributed by atoms with Crippen molar-refractivity contribution in [2.24, 2.45) is 0 Å². The number of fused-ring (bicyclic) bond motifs is 1. The first-order valence-corrected chi connectivity index (χ1v) is 7.60. The molecular weight excluding hydrogens is 323 g/mol. The third-order valence-corrected chi connectivity index (χ3v) is 3.66. The van der Waals surface area contributed by atoms with E-state index in [1.807, 2.05) is 6.07 Å². The Bertz CT molecular complexity index is 944. The molecule has 3 aromatic rings. The van der Waals surface area contributed by atoms with E-state index in [1.54, 1.807) is 36.5 Å². The summed E-state index contributed by atoms with van der Waals surface area (Å²) in [5.74, 6) is 0.522. The number of hydrogen-bond acceptors (Lipinski definition) is 5. The molecule has 1 aromatic heterocycles. The predicted molar refractivity (Wildman–Crippen MR) is 91.3 cm³/mol. The molecule has 2 heterocycles. The maximum atomic E-state index is 13.0. The minimum absolute atomic E-state index is 0.0194. The SMILES string of the molecule is O=C1COc2ccc(-c3ccnc(Nc4ccc(F)cc4)n3)cc2N1. The number of carbonyl (C=O) groups excluding carboxylic acids is 1. The van der Waals surface area contributed by atoms with Crippen LogP contribution in [0.25, 0.3) is 11.3 Å². The van der Waals surface area contributed by atoms with Gasteiger partial charge in [-0.25, -0.2) is 14.4 Å². The molecule has 1 aliphatic heterocycles. The average Bonchev–Trinajstić information content (AvgIpc) is 2.63. The van der Waals surface area contributed by atoms with Crippen LogP contribution in [0, 0.1) is 5.82 Å². The largest absolute Gasteiger partial charge is 0.482 e. The fourth-order valence-corrected chi connectivity index (χ4v) is 2.48. The molecule has 0 saturated heterocycles. The monoisotopic (exact) mass is 336 g/mol. The molecule has 1 aliphatic rings. The summed E-state index contributed by atoms with van der Waals surface area (Å²) in [6, 6.07) is 13.2. The standard InChI is InChI=1S/C18H13FN4O2/c19-12-2-4-13(5-3-12)21-18-20-8-7-14(23-18)11-1-6-16-15(9-11)22-17(24)10-25-16/h1-9H,10H2,(H,22,24)(H,20,21,23). The number of nitrogens with one attached hydrogen (secondary N) is 2. The third kappa shape index (κ3) is 3.25. The van der Waals surface area contributed by atoms with Crippen molar-refractivity contribution in [2.45, 2.75) is 0 Å². The van der Waals surface area contributed by atoms with E-state index in [9.17, 15) is 9.18 Å². The Labute approximate surface area is 142 Å². The predicted octanol–water partition coefficient (Wildman–Crippen LogP) is 3.36. The smallest absolute Gasteiger partial charge is 0.262 e. The van der Waals surface area contributed by atoms with E-state index in [2.05, 4.69) is 20.6 Å². The molecule has 0 radical (unpaired) electrons. The van der Waals surface area contributed by atoms with Gasteiger partial charge < -0.3 is 15.4 Å². The number of rotatable bonds is 3. The van der Waals surface area contributed by atoms with E-state index in [4.69, 9.17) is 4.74 Å². The van der Waals surface area contributed by atoms with Crippen molar-refractivity contribution in [1.29, 1.82) is 0 Å². The van der Waals surface area contributed by atoms with E-state index in [-0.39, 0.29) is 18.3 Å². The number of amides is 1. The zero-order valence-electron chi connectivity index (χ0n) is 13.0. The van der Waals surface area contributed by atoms with Crippen LogP contribution < -0.4 is 15.4 Å². The third-order valence-electron chi connectivity index (χ3n) is 3.66.